The molecule has 0 aliphatic heterocycles. The van der Waals surface area contributed by atoms with Crippen molar-refractivity contribution in [3.8, 4) is 0 Å². The van der Waals surface area contributed by atoms with Gasteiger partial charge < -0.3 is 10.2 Å². The largest absolute Gasteiger partial charge is 0.356 e. The minimum absolute atomic E-state index is 0. The molecule has 0 aromatic rings. The maximum atomic E-state index is 4.27. The highest BCUT2D eigenvalue weighted by Gasteiger charge is 2.04. The molecule has 1 N–H and O–H groups in total. The van der Waals surface area contributed by atoms with Gasteiger partial charge in [0.1, 0.15) is 0 Å². The zero-order valence-electron chi connectivity index (χ0n) is 11.4. The summed E-state index contributed by atoms with van der Waals surface area (Å²) in [6.45, 7) is 8.79. The maximum absolute atomic E-state index is 4.27. The molecule has 0 aliphatic carbocycles. The molecule has 0 saturated heterocycles. The predicted molar refractivity (Wildman–Crippen MR) is 83.8 cm³/mol. The number of nitrogens with zero attached hydrogens (tertiary/aromatic N) is 2. The summed E-state index contributed by atoms with van der Waals surface area (Å²) >= 11 is 0. The van der Waals surface area contributed by atoms with E-state index in [2.05, 4.69) is 43.0 Å². The molecule has 0 saturated carbocycles. The van der Waals surface area contributed by atoms with Crippen LogP contribution in [0.25, 0.3) is 0 Å². The first kappa shape index (κ1) is 18.4. The molecule has 0 radical (unpaired) electrons. The zero-order chi connectivity index (χ0) is 11.7. The number of hydrogen-bond acceptors (Lipinski definition) is 1. The summed E-state index contributed by atoms with van der Waals surface area (Å²) in [6, 6.07) is 0. The molecule has 0 aliphatic rings. The molecule has 98 valence electrons. The van der Waals surface area contributed by atoms with Crippen molar-refractivity contribution in [2.75, 3.05) is 27.2 Å². The smallest absolute Gasteiger partial charge is 0.193 e. The SMILES string of the molecule is CCCCN(C)C(=NC)NCCC(C)C.I. The van der Waals surface area contributed by atoms with E-state index in [1.807, 2.05) is 7.05 Å². The van der Waals surface area contributed by atoms with Crippen molar-refractivity contribution in [2.45, 2.75) is 40.0 Å². The van der Waals surface area contributed by atoms with Gasteiger partial charge in [0, 0.05) is 27.2 Å². The van der Waals surface area contributed by atoms with Gasteiger partial charge in [0.15, 0.2) is 5.96 Å². The third-order valence-electron chi connectivity index (χ3n) is 2.43. The van der Waals surface area contributed by atoms with E-state index in [0.29, 0.717) is 0 Å². The second-order valence-electron chi connectivity index (χ2n) is 4.43. The quantitative estimate of drug-likeness (QED) is 0.457. The van der Waals surface area contributed by atoms with Gasteiger partial charge in [-0.3, -0.25) is 4.99 Å². The van der Waals surface area contributed by atoms with E-state index in [1.165, 1.54) is 19.3 Å². The summed E-state index contributed by atoms with van der Waals surface area (Å²) in [6.07, 6.45) is 3.65. The average molecular weight is 341 g/mol. The standard InChI is InChI=1S/C12H27N3.HI/c1-6-7-10-15(5)12(13-4)14-9-8-11(2)3;/h11H,6-10H2,1-5H3,(H,13,14);1H. The first-order valence-corrected chi connectivity index (χ1v) is 6.03. The molecule has 0 aromatic heterocycles. The Labute approximate surface area is 118 Å². The lowest BCUT2D eigenvalue weighted by Gasteiger charge is -2.22. The minimum atomic E-state index is 0. The average Bonchev–Trinajstić information content (AvgIpc) is 2.20. The molecule has 0 bridgehead atoms. The fourth-order valence-corrected chi connectivity index (χ4v) is 1.36. The fraction of sp³-hybridized carbons (Fsp3) is 0.917. The van der Waals surface area contributed by atoms with Crippen molar-refractivity contribution in [1.29, 1.82) is 0 Å². The molecular weight excluding hydrogens is 313 g/mol. The predicted octanol–water partition coefficient (Wildman–Crippen LogP) is 2.96. The van der Waals surface area contributed by atoms with Crippen molar-refractivity contribution in [3.63, 3.8) is 0 Å². The summed E-state index contributed by atoms with van der Waals surface area (Å²) in [5.41, 5.74) is 0. The van der Waals surface area contributed by atoms with Gasteiger partial charge in [0.05, 0.1) is 0 Å². The van der Waals surface area contributed by atoms with Crippen LogP contribution in [-0.4, -0.2) is 38.0 Å². The van der Waals surface area contributed by atoms with Crippen LogP contribution < -0.4 is 5.32 Å². The van der Waals surface area contributed by atoms with Crippen LogP contribution in [0.5, 0.6) is 0 Å². The van der Waals surface area contributed by atoms with Gasteiger partial charge in [-0.05, 0) is 18.8 Å². The highest BCUT2D eigenvalue weighted by Crippen LogP contribution is 1.97. The van der Waals surface area contributed by atoms with Crippen molar-refractivity contribution in [1.82, 2.24) is 10.2 Å². The highest BCUT2D eigenvalue weighted by molar-refractivity contribution is 14.0. The Morgan fingerprint density at radius 3 is 2.44 bits per heavy atom. The van der Waals surface area contributed by atoms with Gasteiger partial charge in [0.2, 0.25) is 0 Å². The first-order valence-electron chi connectivity index (χ1n) is 6.03. The Hall–Kier alpha value is 0. The molecule has 0 fully saturated rings. The third kappa shape index (κ3) is 9.24. The van der Waals surface area contributed by atoms with Crippen LogP contribution in [0.3, 0.4) is 0 Å². The van der Waals surface area contributed by atoms with Gasteiger partial charge in [-0.2, -0.15) is 0 Å². The second kappa shape index (κ2) is 11.5. The molecule has 0 amide bonds. The van der Waals surface area contributed by atoms with Crippen molar-refractivity contribution < 1.29 is 0 Å². The van der Waals surface area contributed by atoms with Gasteiger partial charge in [-0.25, -0.2) is 0 Å². The number of guanidine groups is 1. The van der Waals surface area contributed by atoms with E-state index in [0.717, 1.165) is 25.0 Å². The number of aliphatic imine (C=N–C) groups is 1. The van der Waals surface area contributed by atoms with E-state index in [-0.39, 0.29) is 24.0 Å². The van der Waals surface area contributed by atoms with E-state index in [9.17, 15) is 0 Å². The van der Waals surface area contributed by atoms with Crippen LogP contribution in [0.4, 0.5) is 0 Å². The summed E-state index contributed by atoms with van der Waals surface area (Å²) in [7, 11) is 3.94. The number of halogens is 1. The van der Waals surface area contributed by atoms with Gasteiger partial charge >= 0.3 is 0 Å². The molecular formula is C12H28IN3. The monoisotopic (exact) mass is 341 g/mol. The van der Waals surface area contributed by atoms with Crippen LogP contribution in [-0.2, 0) is 0 Å². The van der Waals surface area contributed by atoms with Crippen LogP contribution in [0.2, 0.25) is 0 Å². The van der Waals surface area contributed by atoms with Gasteiger partial charge in [-0.15, -0.1) is 24.0 Å². The third-order valence-corrected chi connectivity index (χ3v) is 2.43. The lowest BCUT2D eigenvalue weighted by molar-refractivity contribution is 0.459. The first-order chi connectivity index (χ1) is 7.11. The summed E-state index contributed by atoms with van der Waals surface area (Å²) in [5, 5.41) is 3.39. The highest BCUT2D eigenvalue weighted by atomic mass is 127. The Kier molecular flexibility index (Phi) is 13.2. The van der Waals surface area contributed by atoms with E-state index >= 15 is 0 Å². The normalized spacial score (nSPS) is 11.2. The Morgan fingerprint density at radius 1 is 1.38 bits per heavy atom. The topological polar surface area (TPSA) is 27.6 Å². The molecule has 0 atom stereocenters. The molecule has 0 aromatic carbocycles. The van der Waals surface area contributed by atoms with Crippen LogP contribution >= 0.6 is 24.0 Å². The van der Waals surface area contributed by atoms with Crippen LogP contribution in [0, 0.1) is 5.92 Å². The Morgan fingerprint density at radius 2 is 2.00 bits per heavy atom. The number of hydrogen-bond donors (Lipinski definition) is 1. The molecule has 0 heterocycles. The Balaban J connectivity index is 0. The van der Waals surface area contributed by atoms with Crippen LogP contribution in [0.15, 0.2) is 4.99 Å². The molecule has 0 unspecified atom stereocenters. The number of nitrogens with one attached hydrogen (secondary N) is 1. The van der Waals surface area contributed by atoms with Gasteiger partial charge in [0.25, 0.3) is 0 Å². The van der Waals surface area contributed by atoms with Gasteiger partial charge in [-0.1, -0.05) is 27.2 Å². The lowest BCUT2D eigenvalue weighted by Crippen LogP contribution is -2.40. The van der Waals surface area contributed by atoms with E-state index in [1.54, 1.807) is 0 Å². The Bertz CT molecular complexity index is 181. The van der Waals surface area contributed by atoms with E-state index in [4.69, 9.17) is 0 Å². The summed E-state index contributed by atoms with van der Waals surface area (Å²) in [4.78, 5) is 6.47. The lowest BCUT2D eigenvalue weighted by atomic mass is 10.1. The molecule has 4 heteroatoms. The second-order valence-corrected chi connectivity index (χ2v) is 4.43. The fourth-order valence-electron chi connectivity index (χ4n) is 1.36. The molecule has 3 nitrogen and oxygen atoms in total. The molecule has 16 heavy (non-hydrogen) atoms. The van der Waals surface area contributed by atoms with E-state index < -0.39 is 0 Å². The van der Waals surface area contributed by atoms with Crippen molar-refractivity contribution in [3.05, 3.63) is 0 Å². The van der Waals surface area contributed by atoms with Crippen LogP contribution in [0.1, 0.15) is 40.0 Å². The van der Waals surface area contributed by atoms with Crippen molar-refractivity contribution in [2.24, 2.45) is 10.9 Å². The maximum Gasteiger partial charge on any atom is 0.193 e. The minimum Gasteiger partial charge on any atom is -0.356 e. The molecule has 0 spiro atoms. The molecule has 0 rings (SSSR count). The van der Waals surface area contributed by atoms with Crippen molar-refractivity contribution >= 4 is 29.9 Å². The number of unbranched alkanes of at least 4 members (excludes halogenated alkanes) is 1. The summed E-state index contributed by atoms with van der Waals surface area (Å²) < 4.78 is 0. The zero-order valence-corrected chi connectivity index (χ0v) is 13.7. The number of rotatable bonds is 6. The summed E-state index contributed by atoms with van der Waals surface area (Å²) in [5.74, 6) is 1.76.